The Hall–Kier alpha value is -1.94. The highest BCUT2D eigenvalue weighted by atomic mass is 32.2. The van der Waals surface area contributed by atoms with Crippen LogP contribution >= 0.6 is 0 Å². The lowest BCUT2D eigenvalue weighted by Crippen LogP contribution is -2.61. The van der Waals surface area contributed by atoms with Crippen LogP contribution in [0.25, 0.3) is 0 Å². The standard InChI is InChI=1S/C16H22N4O5S/c1-9-15(10(2)25-18-9)26(23,24)19-7-13(8-19)20-6-11(5-14(20)21)16(22)17-12-3-4-12/h11-13H,3-8H2,1-2H3,(H,17,22). The Morgan fingerprint density at radius 2 is 1.92 bits per heavy atom. The molecule has 1 aliphatic carbocycles. The first-order valence-electron chi connectivity index (χ1n) is 8.80. The number of nitrogens with zero attached hydrogens (tertiary/aromatic N) is 3. The van der Waals surface area contributed by atoms with Crippen molar-refractivity contribution in [2.24, 2.45) is 5.92 Å². The Balaban J connectivity index is 1.38. The van der Waals surface area contributed by atoms with Gasteiger partial charge in [-0.25, -0.2) is 8.42 Å². The number of amides is 2. The van der Waals surface area contributed by atoms with Crippen molar-refractivity contribution < 1.29 is 22.5 Å². The molecule has 1 aromatic heterocycles. The fourth-order valence-corrected chi connectivity index (χ4v) is 5.39. The molecule has 2 saturated heterocycles. The molecule has 10 heteroatoms. The average molecular weight is 382 g/mol. The molecule has 2 amide bonds. The third-order valence-electron chi connectivity index (χ3n) is 5.29. The summed E-state index contributed by atoms with van der Waals surface area (Å²) in [4.78, 5) is 26.2. The Labute approximate surface area is 151 Å². The van der Waals surface area contributed by atoms with E-state index < -0.39 is 10.0 Å². The van der Waals surface area contributed by atoms with E-state index in [0.29, 0.717) is 12.2 Å². The highest BCUT2D eigenvalue weighted by Gasteiger charge is 2.47. The van der Waals surface area contributed by atoms with Gasteiger partial charge >= 0.3 is 0 Å². The van der Waals surface area contributed by atoms with E-state index in [1.807, 2.05) is 0 Å². The Morgan fingerprint density at radius 1 is 1.23 bits per heavy atom. The van der Waals surface area contributed by atoms with Gasteiger partial charge in [0.15, 0.2) is 5.76 Å². The molecule has 1 unspecified atom stereocenters. The third-order valence-corrected chi connectivity index (χ3v) is 7.37. The normalized spacial score (nSPS) is 24.8. The number of hydrogen-bond acceptors (Lipinski definition) is 6. The van der Waals surface area contributed by atoms with Gasteiger partial charge in [0.2, 0.25) is 21.8 Å². The Bertz CT molecular complexity index is 834. The number of sulfonamides is 1. The second-order valence-corrected chi connectivity index (χ2v) is 9.23. The molecule has 3 aliphatic rings. The molecule has 0 radical (unpaired) electrons. The number of rotatable bonds is 5. The van der Waals surface area contributed by atoms with E-state index >= 15 is 0 Å². The van der Waals surface area contributed by atoms with Crippen LogP contribution in [0.5, 0.6) is 0 Å². The molecule has 26 heavy (non-hydrogen) atoms. The van der Waals surface area contributed by atoms with Gasteiger partial charge in [-0.2, -0.15) is 4.31 Å². The Kier molecular flexibility index (Phi) is 4.07. The topological polar surface area (TPSA) is 113 Å². The van der Waals surface area contributed by atoms with Gasteiger partial charge in [0.25, 0.3) is 0 Å². The molecular weight excluding hydrogens is 360 g/mol. The number of aromatic nitrogens is 1. The van der Waals surface area contributed by atoms with Crippen LogP contribution in [0.2, 0.25) is 0 Å². The molecule has 0 spiro atoms. The summed E-state index contributed by atoms with van der Waals surface area (Å²) in [6, 6.07) is 0.0857. The van der Waals surface area contributed by atoms with E-state index in [0.717, 1.165) is 12.8 Å². The maximum absolute atomic E-state index is 12.7. The highest BCUT2D eigenvalue weighted by molar-refractivity contribution is 7.89. The lowest BCUT2D eigenvalue weighted by Gasteiger charge is -2.42. The molecule has 2 aliphatic heterocycles. The molecule has 1 atom stereocenters. The van der Waals surface area contributed by atoms with Crippen molar-refractivity contribution in [3.05, 3.63) is 11.5 Å². The summed E-state index contributed by atoms with van der Waals surface area (Å²) in [5.74, 6) is -0.223. The number of carbonyl (C=O) groups excluding carboxylic acids is 2. The van der Waals surface area contributed by atoms with E-state index in [1.165, 1.54) is 4.31 Å². The van der Waals surface area contributed by atoms with Gasteiger partial charge in [0, 0.05) is 32.1 Å². The first-order valence-corrected chi connectivity index (χ1v) is 10.2. The summed E-state index contributed by atoms with van der Waals surface area (Å²) in [5, 5.41) is 6.63. The van der Waals surface area contributed by atoms with Crippen LogP contribution in [-0.4, -0.2) is 66.3 Å². The van der Waals surface area contributed by atoms with Gasteiger partial charge < -0.3 is 14.7 Å². The summed E-state index contributed by atoms with van der Waals surface area (Å²) in [7, 11) is -3.68. The zero-order valence-corrected chi connectivity index (χ0v) is 15.6. The van der Waals surface area contributed by atoms with Crippen LogP contribution in [0.3, 0.4) is 0 Å². The predicted octanol–water partition coefficient (Wildman–Crippen LogP) is -0.209. The molecule has 1 N–H and O–H groups in total. The summed E-state index contributed by atoms with van der Waals surface area (Å²) in [6.45, 7) is 3.98. The fourth-order valence-electron chi connectivity index (χ4n) is 3.59. The maximum atomic E-state index is 12.7. The summed E-state index contributed by atoms with van der Waals surface area (Å²) in [6.07, 6.45) is 2.21. The van der Waals surface area contributed by atoms with Crippen molar-refractivity contribution in [1.29, 1.82) is 0 Å². The highest BCUT2D eigenvalue weighted by Crippen LogP contribution is 2.31. The lowest BCUT2D eigenvalue weighted by molar-refractivity contribution is -0.132. The van der Waals surface area contributed by atoms with Crippen LogP contribution in [0.4, 0.5) is 0 Å². The van der Waals surface area contributed by atoms with Crippen molar-refractivity contribution in [2.45, 2.75) is 50.1 Å². The minimum Gasteiger partial charge on any atom is -0.360 e. The van der Waals surface area contributed by atoms with Crippen molar-refractivity contribution in [3.63, 3.8) is 0 Å². The van der Waals surface area contributed by atoms with E-state index in [2.05, 4.69) is 10.5 Å². The van der Waals surface area contributed by atoms with Gasteiger partial charge in [0.1, 0.15) is 10.6 Å². The summed E-state index contributed by atoms with van der Waals surface area (Å²) in [5.41, 5.74) is 0.333. The van der Waals surface area contributed by atoms with E-state index in [9.17, 15) is 18.0 Å². The first kappa shape index (κ1) is 17.5. The van der Waals surface area contributed by atoms with Crippen molar-refractivity contribution in [1.82, 2.24) is 19.7 Å². The average Bonchev–Trinajstić information content (AvgIpc) is 3.15. The van der Waals surface area contributed by atoms with Crippen LogP contribution in [0.1, 0.15) is 30.7 Å². The van der Waals surface area contributed by atoms with E-state index in [4.69, 9.17) is 4.52 Å². The van der Waals surface area contributed by atoms with Crippen molar-refractivity contribution in [2.75, 3.05) is 19.6 Å². The SMILES string of the molecule is Cc1noc(C)c1S(=O)(=O)N1CC(N2CC(C(=O)NC3CC3)CC2=O)C1. The number of likely N-dealkylation sites (tertiary alicyclic amines) is 1. The first-order chi connectivity index (χ1) is 12.3. The molecule has 1 saturated carbocycles. The quantitative estimate of drug-likeness (QED) is 0.754. The predicted molar refractivity (Wildman–Crippen MR) is 89.5 cm³/mol. The van der Waals surface area contributed by atoms with Gasteiger partial charge in [-0.3, -0.25) is 9.59 Å². The van der Waals surface area contributed by atoms with E-state index in [1.54, 1.807) is 18.7 Å². The minimum atomic E-state index is -3.68. The maximum Gasteiger partial charge on any atom is 0.248 e. The van der Waals surface area contributed by atoms with Gasteiger partial charge in [-0.15, -0.1) is 0 Å². The number of carbonyl (C=O) groups is 2. The van der Waals surface area contributed by atoms with Crippen molar-refractivity contribution >= 4 is 21.8 Å². The molecular formula is C16H22N4O5S. The molecule has 0 aromatic carbocycles. The van der Waals surface area contributed by atoms with Gasteiger partial charge in [-0.05, 0) is 26.7 Å². The molecule has 0 bridgehead atoms. The molecule has 1 aromatic rings. The summed E-state index contributed by atoms with van der Waals surface area (Å²) < 4.78 is 31.7. The molecule has 3 heterocycles. The summed E-state index contributed by atoms with van der Waals surface area (Å²) >= 11 is 0. The lowest BCUT2D eigenvalue weighted by atomic mass is 10.1. The largest absolute Gasteiger partial charge is 0.360 e. The van der Waals surface area contributed by atoms with Crippen molar-refractivity contribution in [3.8, 4) is 0 Å². The monoisotopic (exact) mass is 382 g/mol. The zero-order valence-electron chi connectivity index (χ0n) is 14.8. The second-order valence-electron chi connectivity index (χ2n) is 7.36. The van der Waals surface area contributed by atoms with Crippen LogP contribution in [0, 0.1) is 19.8 Å². The molecule has 142 valence electrons. The van der Waals surface area contributed by atoms with Gasteiger partial charge in [-0.1, -0.05) is 5.16 Å². The molecule has 9 nitrogen and oxygen atoms in total. The van der Waals surface area contributed by atoms with Crippen LogP contribution < -0.4 is 5.32 Å². The third kappa shape index (κ3) is 2.90. The smallest absolute Gasteiger partial charge is 0.248 e. The number of hydrogen-bond donors (Lipinski definition) is 1. The second kappa shape index (κ2) is 6.05. The molecule has 3 fully saturated rings. The van der Waals surface area contributed by atoms with Gasteiger partial charge in [0.05, 0.1) is 12.0 Å². The van der Waals surface area contributed by atoms with Crippen LogP contribution in [0.15, 0.2) is 9.42 Å². The minimum absolute atomic E-state index is 0.0668. The number of nitrogens with one attached hydrogen (secondary N) is 1. The van der Waals surface area contributed by atoms with Crippen LogP contribution in [-0.2, 0) is 19.6 Å². The number of aryl methyl sites for hydroxylation is 2. The fraction of sp³-hybridized carbons (Fsp3) is 0.688. The zero-order chi connectivity index (χ0) is 18.6. The van der Waals surface area contributed by atoms with E-state index in [-0.39, 0.29) is 60.0 Å². The molecule has 4 rings (SSSR count). The Morgan fingerprint density at radius 3 is 2.50 bits per heavy atom.